The van der Waals surface area contributed by atoms with E-state index in [1.165, 1.54) is 12.1 Å². The summed E-state index contributed by atoms with van der Waals surface area (Å²) in [5, 5.41) is 3.30. The molecule has 0 unspecified atom stereocenters. The number of nitrogens with one attached hydrogen (secondary N) is 1. The Morgan fingerprint density at radius 1 is 1.24 bits per heavy atom. The largest absolute Gasteiger partial charge is 0.339 e. The van der Waals surface area contributed by atoms with Crippen LogP contribution >= 0.6 is 0 Å². The van der Waals surface area contributed by atoms with Crippen molar-refractivity contribution < 1.29 is 9.18 Å². The molecule has 2 rings (SSSR count). The van der Waals surface area contributed by atoms with E-state index in [2.05, 4.69) is 5.32 Å². The van der Waals surface area contributed by atoms with E-state index < -0.39 is 0 Å². The van der Waals surface area contributed by atoms with Gasteiger partial charge < -0.3 is 10.2 Å². The summed E-state index contributed by atoms with van der Waals surface area (Å²) < 4.78 is 13.1. The third-order valence-electron chi connectivity index (χ3n) is 2.92. The first-order valence-electron chi connectivity index (χ1n) is 6.03. The van der Waals surface area contributed by atoms with Crippen LogP contribution in [-0.2, 0) is 0 Å². The highest BCUT2D eigenvalue weighted by molar-refractivity contribution is 5.94. The van der Waals surface area contributed by atoms with Crippen LogP contribution in [0.25, 0.3) is 0 Å². The maximum absolute atomic E-state index is 13.1. The number of benzene rings is 1. The number of hydrogen-bond donors (Lipinski definition) is 1. The molecule has 4 heteroatoms. The topological polar surface area (TPSA) is 32.3 Å². The molecular formula is C13H17FN2O. The predicted octanol–water partition coefficient (Wildman–Crippen LogP) is 1.65. The van der Waals surface area contributed by atoms with Gasteiger partial charge in [-0.05, 0) is 44.1 Å². The number of carbonyl (C=O) groups excluding carboxylic acids is 1. The third-order valence-corrected chi connectivity index (χ3v) is 2.92. The molecule has 1 aromatic rings. The number of rotatable bonds is 1. The summed E-state index contributed by atoms with van der Waals surface area (Å²) in [5.74, 6) is -0.420. The minimum atomic E-state index is -0.357. The second-order valence-corrected chi connectivity index (χ2v) is 4.26. The summed E-state index contributed by atoms with van der Waals surface area (Å²) in [6, 6.07) is 5.91. The molecule has 1 fully saturated rings. The first-order valence-corrected chi connectivity index (χ1v) is 6.03. The van der Waals surface area contributed by atoms with E-state index in [9.17, 15) is 9.18 Å². The lowest BCUT2D eigenvalue weighted by Gasteiger charge is -2.25. The molecule has 3 nitrogen and oxygen atoms in total. The summed E-state index contributed by atoms with van der Waals surface area (Å²) in [6.07, 6.45) is 1.89. The van der Waals surface area contributed by atoms with Gasteiger partial charge in [0, 0.05) is 18.7 Å². The molecule has 0 bridgehead atoms. The molecule has 1 N–H and O–H groups in total. The summed E-state index contributed by atoms with van der Waals surface area (Å²) in [6.45, 7) is 3.35. The fraction of sp³-hybridized carbons (Fsp3) is 0.462. The van der Waals surface area contributed by atoms with Crippen molar-refractivity contribution in [1.82, 2.24) is 10.2 Å². The number of amides is 1. The Morgan fingerprint density at radius 3 is 2.59 bits per heavy atom. The van der Waals surface area contributed by atoms with Crippen LogP contribution in [-0.4, -0.2) is 37.0 Å². The van der Waals surface area contributed by atoms with Crippen molar-refractivity contribution in [1.29, 1.82) is 0 Å². The average molecular weight is 236 g/mol. The van der Waals surface area contributed by atoms with E-state index in [4.69, 9.17) is 0 Å². The summed E-state index contributed by atoms with van der Waals surface area (Å²) in [5.41, 5.74) is 0.443. The molecule has 1 aromatic carbocycles. The molecule has 0 saturated carbocycles. The lowest BCUT2D eigenvalue weighted by molar-refractivity contribution is 0.0745. The van der Waals surface area contributed by atoms with Gasteiger partial charge in [0.1, 0.15) is 5.82 Å². The van der Waals surface area contributed by atoms with Crippen molar-refractivity contribution in [2.24, 2.45) is 0 Å². The van der Waals surface area contributed by atoms with Crippen LogP contribution in [0.15, 0.2) is 24.3 Å². The maximum atomic E-state index is 13.1. The van der Waals surface area contributed by atoms with E-state index >= 15 is 0 Å². The Morgan fingerprint density at radius 2 is 1.94 bits per heavy atom. The minimum Gasteiger partial charge on any atom is -0.339 e. The first kappa shape index (κ1) is 12.0. The highest BCUT2D eigenvalue weighted by Gasteiger charge is 2.16. The Bertz CT molecular complexity index is 387. The Kier molecular flexibility index (Phi) is 4.09. The molecule has 1 amide bonds. The third kappa shape index (κ3) is 3.27. The second-order valence-electron chi connectivity index (χ2n) is 4.26. The van der Waals surface area contributed by atoms with E-state index in [1.54, 1.807) is 12.1 Å². The van der Waals surface area contributed by atoms with E-state index in [-0.39, 0.29) is 11.7 Å². The standard InChI is InChI=1S/C13H17FN2O/c14-12-5-1-4-11(10-12)13(17)16-8-2-6-15-7-3-9-16/h1,4-5,10,15H,2-3,6-9H2. The lowest BCUT2D eigenvalue weighted by atomic mass is 10.1. The van der Waals surface area contributed by atoms with Crippen LogP contribution in [0.5, 0.6) is 0 Å². The van der Waals surface area contributed by atoms with Gasteiger partial charge in [-0.15, -0.1) is 0 Å². The minimum absolute atomic E-state index is 0.0635. The van der Waals surface area contributed by atoms with Gasteiger partial charge in [-0.3, -0.25) is 4.79 Å². The summed E-state index contributed by atoms with van der Waals surface area (Å²) >= 11 is 0. The second kappa shape index (κ2) is 5.77. The molecule has 17 heavy (non-hydrogen) atoms. The quantitative estimate of drug-likeness (QED) is 0.804. The molecule has 1 saturated heterocycles. The molecule has 0 atom stereocenters. The van der Waals surface area contributed by atoms with E-state index in [0.717, 1.165) is 39.0 Å². The predicted molar refractivity (Wildman–Crippen MR) is 64.4 cm³/mol. The van der Waals surface area contributed by atoms with Crippen LogP contribution in [0.3, 0.4) is 0 Å². The Balaban J connectivity index is 2.07. The molecule has 92 valence electrons. The van der Waals surface area contributed by atoms with Gasteiger partial charge in [-0.25, -0.2) is 4.39 Å². The fourth-order valence-electron chi connectivity index (χ4n) is 2.03. The molecule has 0 aliphatic carbocycles. The molecule has 0 radical (unpaired) electrons. The van der Waals surface area contributed by atoms with Crippen molar-refractivity contribution in [2.45, 2.75) is 12.8 Å². The highest BCUT2D eigenvalue weighted by Crippen LogP contribution is 2.09. The smallest absolute Gasteiger partial charge is 0.253 e. The number of carbonyl (C=O) groups is 1. The maximum Gasteiger partial charge on any atom is 0.253 e. The van der Waals surface area contributed by atoms with Crippen LogP contribution in [0, 0.1) is 5.82 Å². The Labute approximate surface area is 101 Å². The van der Waals surface area contributed by atoms with Gasteiger partial charge in [0.05, 0.1) is 0 Å². The lowest BCUT2D eigenvalue weighted by Crippen LogP contribution is -2.38. The van der Waals surface area contributed by atoms with Gasteiger partial charge in [-0.1, -0.05) is 6.07 Å². The van der Waals surface area contributed by atoms with Crippen LogP contribution < -0.4 is 5.32 Å². The molecule has 0 spiro atoms. The fourth-order valence-corrected chi connectivity index (χ4v) is 2.03. The molecular weight excluding hydrogens is 219 g/mol. The zero-order valence-electron chi connectivity index (χ0n) is 9.79. The molecule has 1 heterocycles. The van der Waals surface area contributed by atoms with Gasteiger partial charge in [0.25, 0.3) is 5.91 Å². The highest BCUT2D eigenvalue weighted by atomic mass is 19.1. The van der Waals surface area contributed by atoms with Gasteiger partial charge >= 0.3 is 0 Å². The number of nitrogens with zero attached hydrogens (tertiary/aromatic N) is 1. The first-order chi connectivity index (χ1) is 8.27. The normalized spacial score (nSPS) is 17.4. The number of halogens is 1. The van der Waals surface area contributed by atoms with Crippen LogP contribution in [0.2, 0.25) is 0 Å². The van der Waals surface area contributed by atoms with Crippen LogP contribution in [0.1, 0.15) is 23.2 Å². The Hall–Kier alpha value is -1.42. The van der Waals surface area contributed by atoms with Gasteiger partial charge in [0.2, 0.25) is 0 Å². The van der Waals surface area contributed by atoms with E-state index in [0.29, 0.717) is 5.56 Å². The number of hydrogen-bond acceptors (Lipinski definition) is 2. The molecule has 0 aromatic heterocycles. The van der Waals surface area contributed by atoms with E-state index in [1.807, 2.05) is 4.90 Å². The zero-order valence-corrected chi connectivity index (χ0v) is 9.79. The van der Waals surface area contributed by atoms with Crippen molar-refractivity contribution in [3.63, 3.8) is 0 Å². The monoisotopic (exact) mass is 236 g/mol. The summed E-state index contributed by atoms with van der Waals surface area (Å²) in [4.78, 5) is 14.0. The average Bonchev–Trinajstić information content (AvgIpc) is 2.28. The van der Waals surface area contributed by atoms with Gasteiger partial charge in [0.15, 0.2) is 0 Å². The zero-order chi connectivity index (χ0) is 12.1. The molecule has 1 aliphatic rings. The molecule has 1 aliphatic heterocycles. The van der Waals surface area contributed by atoms with Crippen LogP contribution in [0.4, 0.5) is 4.39 Å². The van der Waals surface area contributed by atoms with Crippen molar-refractivity contribution in [3.8, 4) is 0 Å². The summed E-state index contributed by atoms with van der Waals surface area (Å²) in [7, 11) is 0. The van der Waals surface area contributed by atoms with Gasteiger partial charge in [-0.2, -0.15) is 0 Å². The van der Waals surface area contributed by atoms with Crippen molar-refractivity contribution in [2.75, 3.05) is 26.2 Å². The SMILES string of the molecule is O=C(c1cccc(F)c1)N1CCCNCCC1. The van der Waals surface area contributed by atoms with Crippen molar-refractivity contribution in [3.05, 3.63) is 35.6 Å². The van der Waals surface area contributed by atoms with Crippen molar-refractivity contribution >= 4 is 5.91 Å².